The Hall–Kier alpha value is -3.00. The van der Waals surface area contributed by atoms with E-state index in [1.807, 2.05) is 38.1 Å². The van der Waals surface area contributed by atoms with Gasteiger partial charge in [0, 0.05) is 6.07 Å². The number of aryl methyl sites for hydroxylation is 1. The Labute approximate surface area is 174 Å². The van der Waals surface area contributed by atoms with Gasteiger partial charge < -0.3 is 9.84 Å². The molecular weight excluding hydrogens is 356 g/mol. The van der Waals surface area contributed by atoms with Gasteiger partial charge in [-0.1, -0.05) is 69.3 Å². The first-order chi connectivity index (χ1) is 13.7. The van der Waals surface area contributed by atoms with Crippen molar-refractivity contribution in [1.29, 1.82) is 0 Å². The van der Waals surface area contributed by atoms with E-state index < -0.39 is 0 Å². The summed E-state index contributed by atoms with van der Waals surface area (Å²) >= 11 is 0. The first-order valence-electron chi connectivity index (χ1n) is 10.1. The van der Waals surface area contributed by atoms with Crippen molar-refractivity contribution in [3.8, 4) is 28.4 Å². The van der Waals surface area contributed by atoms with E-state index in [0.717, 1.165) is 40.0 Å². The Balaban J connectivity index is 1.93. The van der Waals surface area contributed by atoms with E-state index >= 15 is 0 Å². The molecule has 0 unspecified atom stereocenters. The van der Waals surface area contributed by atoms with Crippen LogP contribution in [0.5, 0.6) is 17.2 Å². The van der Waals surface area contributed by atoms with Crippen LogP contribution in [0.1, 0.15) is 50.8 Å². The largest absolute Gasteiger partial charge is 0.508 e. The number of aromatic hydroxyl groups is 1. The fourth-order valence-electron chi connectivity index (χ4n) is 3.23. The molecule has 3 rings (SSSR count). The molecule has 0 heterocycles. The van der Waals surface area contributed by atoms with Crippen molar-refractivity contribution in [3.05, 3.63) is 83.9 Å². The maximum absolute atomic E-state index is 10.3. The number of hydrogen-bond acceptors (Lipinski definition) is 2. The van der Waals surface area contributed by atoms with Crippen molar-refractivity contribution in [1.82, 2.24) is 0 Å². The quantitative estimate of drug-likeness (QED) is 0.467. The molecule has 1 N–H and O–H groups in total. The molecule has 3 aromatic rings. The molecule has 0 saturated carbocycles. The van der Waals surface area contributed by atoms with Crippen LogP contribution in [0.3, 0.4) is 0 Å². The van der Waals surface area contributed by atoms with Gasteiger partial charge in [0.1, 0.15) is 17.2 Å². The highest BCUT2D eigenvalue weighted by atomic mass is 16.5. The number of phenolic OH excluding ortho intramolecular Hbond substituents is 1. The lowest BCUT2D eigenvalue weighted by Crippen LogP contribution is -2.14. The molecule has 0 aliphatic rings. The number of hydrogen-bond donors (Lipinski definition) is 1. The third-order valence-corrected chi connectivity index (χ3v) is 5.68. The zero-order valence-electron chi connectivity index (χ0n) is 18.0. The van der Waals surface area contributed by atoms with Gasteiger partial charge in [-0.25, -0.2) is 0 Å². The lowest BCUT2D eigenvalue weighted by atomic mass is 9.82. The molecule has 150 valence electrons. The number of ether oxygens (including phenoxy) is 1. The summed E-state index contributed by atoms with van der Waals surface area (Å²) in [5.41, 5.74) is 6.50. The molecule has 0 radical (unpaired) electrons. The standard InChI is InChI=1S/C27H30O2/c1-7-27(5,6)23-12-10-20(11-13-23)22-14-24(28)17-25(15-22)29-26-16-21(18(2)3)9-8-19(26)4/h8-17,28H,2,7H2,1,3-6H3. The summed E-state index contributed by atoms with van der Waals surface area (Å²) in [7, 11) is 0. The fourth-order valence-corrected chi connectivity index (χ4v) is 3.23. The van der Waals surface area contributed by atoms with E-state index in [9.17, 15) is 5.11 Å². The maximum atomic E-state index is 10.3. The SMILES string of the molecule is C=C(C)c1ccc(C)c(Oc2cc(O)cc(-c3ccc(C(C)(C)CC)cc3)c2)c1. The van der Waals surface area contributed by atoms with Gasteiger partial charge in [0.15, 0.2) is 0 Å². The van der Waals surface area contributed by atoms with Crippen molar-refractivity contribution in [2.24, 2.45) is 0 Å². The third kappa shape index (κ3) is 4.71. The van der Waals surface area contributed by atoms with Crippen LogP contribution < -0.4 is 4.74 Å². The minimum atomic E-state index is 0.150. The summed E-state index contributed by atoms with van der Waals surface area (Å²) in [6.45, 7) is 14.7. The van der Waals surface area contributed by atoms with Crippen LogP contribution in [-0.4, -0.2) is 5.11 Å². The summed E-state index contributed by atoms with van der Waals surface area (Å²) < 4.78 is 6.14. The molecule has 2 nitrogen and oxygen atoms in total. The summed E-state index contributed by atoms with van der Waals surface area (Å²) in [5, 5.41) is 10.3. The summed E-state index contributed by atoms with van der Waals surface area (Å²) in [6.07, 6.45) is 1.08. The van der Waals surface area contributed by atoms with Crippen molar-refractivity contribution < 1.29 is 9.84 Å². The highest BCUT2D eigenvalue weighted by molar-refractivity contribution is 5.68. The molecule has 0 aliphatic carbocycles. The van der Waals surface area contributed by atoms with Crippen molar-refractivity contribution >= 4 is 5.57 Å². The van der Waals surface area contributed by atoms with Gasteiger partial charge in [0.2, 0.25) is 0 Å². The lowest BCUT2D eigenvalue weighted by molar-refractivity contribution is 0.454. The van der Waals surface area contributed by atoms with E-state index in [1.165, 1.54) is 5.56 Å². The Morgan fingerprint density at radius 1 is 0.966 bits per heavy atom. The van der Waals surface area contributed by atoms with Gasteiger partial charge in [-0.15, -0.1) is 0 Å². The number of rotatable bonds is 6. The minimum absolute atomic E-state index is 0.150. The van der Waals surface area contributed by atoms with Gasteiger partial charge in [0.05, 0.1) is 0 Å². The van der Waals surface area contributed by atoms with Crippen molar-refractivity contribution in [2.45, 2.75) is 46.5 Å². The highest BCUT2D eigenvalue weighted by Gasteiger charge is 2.17. The molecular formula is C27H30O2. The average Bonchev–Trinajstić information content (AvgIpc) is 2.69. The van der Waals surface area contributed by atoms with Crippen LogP contribution in [-0.2, 0) is 5.41 Å². The third-order valence-electron chi connectivity index (χ3n) is 5.68. The fraction of sp³-hybridized carbons (Fsp3) is 0.259. The molecule has 0 atom stereocenters. The van der Waals surface area contributed by atoms with Crippen LogP contribution in [0.2, 0.25) is 0 Å². The summed E-state index contributed by atoms with van der Waals surface area (Å²) in [4.78, 5) is 0. The van der Waals surface area contributed by atoms with Crippen LogP contribution in [0.4, 0.5) is 0 Å². The van der Waals surface area contributed by atoms with E-state index in [-0.39, 0.29) is 11.2 Å². The van der Waals surface area contributed by atoms with E-state index in [2.05, 4.69) is 51.6 Å². The first kappa shape index (κ1) is 20.7. The Morgan fingerprint density at radius 3 is 2.28 bits per heavy atom. The molecule has 0 aromatic heterocycles. The highest BCUT2D eigenvalue weighted by Crippen LogP contribution is 2.35. The van der Waals surface area contributed by atoms with Crippen molar-refractivity contribution in [2.75, 3.05) is 0 Å². The predicted molar refractivity (Wildman–Crippen MR) is 123 cm³/mol. The normalized spacial score (nSPS) is 11.3. The van der Waals surface area contributed by atoms with Crippen LogP contribution in [0.15, 0.2) is 67.2 Å². The zero-order valence-corrected chi connectivity index (χ0v) is 18.0. The maximum Gasteiger partial charge on any atom is 0.131 e. The molecule has 0 aliphatic heterocycles. The molecule has 2 heteroatoms. The van der Waals surface area contributed by atoms with Crippen LogP contribution in [0.25, 0.3) is 16.7 Å². The van der Waals surface area contributed by atoms with Crippen LogP contribution in [0, 0.1) is 6.92 Å². The van der Waals surface area contributed by atoms with Gasteiger partial charge in [-0.2, -0.15) is 0 Å². The number of benzene rings is 3. The second-order valence-corrected chi connectivity index (χ2v) is 8.39. The molecule has 0 spiro atoms. The minimum Gasteiger partial charge on any atom is -0.508 e. The van der Waals surface area contributed by atoms with Gasteiger partial charge in [-0.05, 0) is 71.7 Å². The van der Waals surface area contributed by atoms with Gasteiger partial charge in [-0.3, -0.25) is 0 Å². The smallest absolute Gasteiger partial charge is 0.131 e. The van der Waals surface area contributed by atoms with Gasteiger partial charge >= 0.3 is 0 Å². The Bertz CT molecular complexity index is 1030. The molecule has 0 fully saturated rings. The Morgan fingerprint density at radius 2 is 1.66 bits per heavy atom. The average molecular weight is 387 g/mol. The lowest BCUT2D eigenvalue weighted by Gasteiger charge is -2.23. The van der Waals surface area contributed by atoms with Crippen molar-refractivity contribution in [3.63, 3.8) is 0 Å². The zero-order chi connectivity index (χ0) is 21.2. The van der Waals surface area contributed by atoms with E-state index in [1.54, 1.807) is 12.1 Å². The summed E-state index contributed by atoms with van der Waals surface area (Å²) in [6, 6.07) is 20.0. The monoisotopic (exact) mass is 386 g/mol. The topological polar surface area (TPSA) is 29.5 Å². The molecule has 0 bridgehead atoms. The molecule has 29 heavy (non-hydrogen) atoms. The van der Waals surface area contributed by atoms with Crippen LogP contribution >= 0.6 is 0 Å². The van der Waals surface area contributed by atoms with E-state index in [4.69, 9.17) is 4.74 Å². The van der Waals surface area contributed by atoms with Gasteiger partial charge in [0.25, 0.3) is 0 Å². The first-order valence-corrected chi connectivity index (χ1v) is 10.1. The second-order valence-electron chi connectivity index (χ2n) is 8.39. The number of phenols is 1. The summed E-state index contributed by atoms with van der Waals surface area (Å²) in [5.74, 6) is 1.56. The second kappa shape index (κ2) is 8.16. The van der Waals surface area contributed by atoms with E-state index in [0.29, 0.717) is 5.75 Å². The molecule has 0 saturated heterocycles. The molecule has 0 amide bonds. The Kier molecular flexibility index (Phi) is 5.83. The number of allylic oxidation sites excluding steroid dienone is 1. The molecule has 3 aromatic carbocycles. The predicted octanol–water partition coefficient (Wildman–Crippen LogP) is 7.88.